The molecule has 0 aromatic rings. The molecular formula is C10H18F3NO2. The molecular weight excluding hydrogens is 223 g/mol. The Morgan fingerprint density at radius 1 is 1.44 bits per heavy atom. The summed E-state index contributed by atoms with van der Waals surface area (Å²) in [5, 5.41) is 3.04. The lowest BCUT2D eigenvalue weighted by Gasteiger charge is -2.23. The van der Waals surface area contributed by atoms with Crippen molar-refractivity contribution in [2.24, 2.45) is 0 Å². The van der Waals surface area contributed by atoms with Crippen molar-refractivity contribution in [3.8, 4) is 0 Å². The molecule has 6 heteroatoms. The van der Waals surface area contributed by atoms with Gasteiger partial charge in [0, 0.05) is 19.7 Å². The standard InChI is InChI=1S/C10H18F3NO2/c1-9(3-2-5-16-9)7-14-4-6-15-8-10(11,12)13/h14H,2-8H2,1H3. The van der Waals surface area contributed by atoms with Gasteiger partial charge in [-0.05, 0) is 19.8 Å². The third kappa shape index (κ3) is 5.67. The molecule has 1 heterocycles. The minimum absolute atomic E-state index is 0.0651. The normalized spacial score (nSPS) is 26.2. The fourth-order valence-electron chi connectivity index (χ4n) is 1.66. The molecule has 0 aromatic heterocycles. The molecule has 1 N–H and O–H groups in total. The molecule has 1 aliphatic heterocycles. The molecule has 0 aromatic carbocycles. The highest BCUT2D eigenvalue weighted by Crippen LogP contribution is 2.23. The molecule has 1 fully saturated rings. The summed E-state index contributed by atoms with van der Waals surface area (Å²) in [7, 11) is 0. The number of nitrogens with one attached hydrogen (secondary N) is 1. The number of alkyl halides is 3. The summed E-state index contributed by atoms with van der Waals surface area (Å²) in [6.07, 6.45) is -2.20. The Hall–Kier alpha value is -0.330. The maximum atomic E-state index is 11.7. The number of halogens is 3. The van der Waals surface area contributed by atoms with Crippen molar-refractivity contribution >= 4 is 0 Å². The summed E-state index contributed by atoms with van der Waals surface area (Å²) in [6, 6.07) is 0. The monoisotopic (exact) mass is 241 g/mol. The highest BCUT2D eigenvalue weighted by Gasteiger charge is 2.29. The SMILES string of the molecule is CC1(CNCCOCC(F)(F)F)CCCO1. The van der Waals surface area contributed by atoms with Crippen LogP contribution in [0.25, 0.3) is 0 Å². The van der Waals surface area contributed by atoms with Crippen LogP contribution >= 0.6 is 0 Å². The van der Waals surface area contributed by atoms with Crippen LogP contribution in [0.3, 0.4) is 0 Å². The van der Waals surface area contributed by atoms with Gasteiger partial charge in [-0.2, -0.15) is 13.2 Å². The first-order valence-electron chi connectivity index (χ1n) is 5.40. The minimum atomic E-state index is -4.24. The Kier molecular flexibility index (Phi) is 5.01. The molecule has 0 radical (unpaired) electrons. The van der Waals surface area contributed by atoms with E-state index in [2.05, 4.69) is 10.1 Å². The smallest absolute Gasteiger partial charge is 0.374 e. The van der Waals surface area contributed by atoms with E-state index in [0.717, 1.165) is 19.4 Å². The Labute approximate surface area is 93.3 Å². The number of ether oxygens (including phenoxy) is 2. The van der Waals surface area contributed by atoms with Crippen molar-refractivity contribution in [3.05, 3.63) is 0 Å². The van der Waals surface area contributed by atoms with Crippen LogP contribution in [0.15, 0.2) is 0 Å². The second-order valence-electron chi connectivity index (χ2n) is 4.25. The molecule has 3 nitrogen and oxygen atoms in total. The maximum Gasteiger partial charge on any atom is 0.411 e. The fourth-order valence-corrected chi connectivity index (χ4v) is 1.66. The second kappa shape index (κ2) is 5.84. The molecule has 1 aliphatic rings. The molecule has 0 aliphatic carbocycles. The number of hydrogen-bond donors (Lipinski definition) is 1. The van der Waals surface area contributed by atoms with Crippen LogP contribution in [0.4, 0.5) is 13.2 Å². The molecule has 96 valence electrons. The van der Waals surface area contributed by atoms with Crippen LogP contribution in [0.5, 0.6) is 0 Å². The predicted molar refractivity (Wildman–Crippen MR) is 53.3 cm³/mol. The van der Waals surface area contributed by atoms with E-state index in [-0.39, 0.29) is 12.2 Å². The summed E-state index contributed by atoms with van der Waals surface area (Å²) in [6.45, 7) is 2.72. The van der Waals surface area contributed by atoms with Gasteiger partial charge in [0.2, 0.25) is 0 Å². The summed E-state index contributed by atoms with van der Waals surface area (Å²) in [5.41, 5.74) is -0.163. The van der Waals surface area contributed by atoms with Crippen molar-refractivity contribution in [1.82, 2.24) is 5.32 Å². The molecule has 1 unspecified atom stereocenters. The largest absolute Gasteiger partial charge is 0.411 e. The molecule has 0 amide bonds. The number of rotatable bonds is 6. The van der Waals surface area contributed by atoms with E-state index in [0.29, 0.717) is 13.1 Å². The molecule has 1 atom stereocenters. The first-order chi connectivity index (χ1) is 7.41. The lowest BCUT2D eigenvalue weighted by atomic mass is 10.0. The molecule has 1 saturated heterocycles. The molecule has 0 bridgehead atoms. The van der Waals surface area contributed by atoms with E-state index in [1.54, 1.807) is 0 Å². The van der Waals surface area contributed by atoms with E-state index >= 15 is 0 Å². The summed E-state index contributed by atoms with van der Waals surface area (Å²) < 4.78 is 45.1. The van der Waals surface area contributed by atoms with Gasteiger partial charge in [-0.3, -0.25) is 0 Å². The summed E-state index contributed by atoms with van der Waals surface area (Å²) >= 11 is 0. The van der Waals surface area contributed by atoms with Gasteiger partial charge in [0.15, 0.2) is 0 Å². The van der Waals surface area contributed by atoms with Crippen LogP contribution in [0.1, 0.15) is 19.8 Å². The maximum absolute atomic E-state index is 11.7. The van der Waals surface area contributed by atoms with Gasteiger partial charge < -0.3 is 14.8 Å². The fraction of sp³-hybridized carbons (Fsp3) is 1.00. The second-order valence-corrected chi connectivity index (χ2v) is 4.25. The average Bonchev–Trinajstić information content (AvgIpc) is 2.57. The summed E-state index contributed by atoms with van der Waals surface area (Å²) in [4.78, 5) is 0. The van der Waals surface area contributed by atoms with Gasteiger partial charge in [-0.15, -0.1) is 0 Å². The molecule has 1 rings (SSSR count). The third-order valence-electron chi connectivity index (χ3n) is 2.49. The molecule has 0 saturated carbocycles. The van der Waals surface area contributed by atoms with E-state index in [9.17, 15) is 13.2 Å². The van der Waals surface area contributed by atoms with Crippen molar-refractivity contribution in [2.45, 2.75) is 31.5 Å². The van der Waals surface area contributed by atoms with Crippen molar-refractivity contribution in [2.75, 3.05) is 32.9 Å². The zero-order valence-electron chi connectivity index (χ0n) is 9.40. The topological polar surface area (TPSA) is 30.5 Å². The predicted octanol–water partition coefficient (Wildman–Crippen LogP) is 1.72. The van der Waals surface area contributed by atoms with E-state index < -0.39 is 12.8 Å². The zero-order valence-corrected chi connectivity index (χ0v) is 9.40. The lowest BCUT2D eigenvalue weighted by molar-refractivity contribution is -0.173. The van der Waals surface area contributed by atoms with E-state index in [1.807, 2.05) is 6.92 Å². The Bertz CT molecular complexity index is 203. The van der Waals surface area contributed by atoms with Gasteiger partial charge in [-0.1, -0.05) is 0 Å². The van der Waals surface area contributed by atoms with Gasteiger partial charge in [0.1, 0.15) is 6.61 Å². The van der Waals surface area contributed by atoms with E-state index in [1.165, 1.54) is 0 Å². The first-order valence-corrected chi connectivity index (χ1v) is 5.40. The van der Waals surface area contributed by atoms with Gasteiger partial charge >= 0.3 is 6.18 Å². The Balaban J connectivity index is 1.96. The molecule has 16 heavy (non-hydrogen) atoms. The number of hydrogen-bond acceptors (Lipinski definition) is 3. The van der Waals surface area contributed by atoms with Gasteiger partial charge in [0.05, 0.1) is 12.2 Å². The quantitative estimate of drug-likeness (QED) is 0.718. The van der Waals surface area contributed by atoms with Crippen LogP contribution < -0.4 is 5.32 Å². The Morgan fingerprint density at radius 3 is 2.75 bits per heavy atom. The van der Waals surface area contributed by atoms with Crippen molar-refractivity contribution < 1.29 is 22.6 Å². The van der Waals surface area contributed by atoms with E-state index in [4.69, 9.17) is 4.74 Å². The Morgan fingerprint density at radius 2 is 2.19 bits per heavy atom. The average molecular weight is 241 g/mol. The highest BCUT2D eigenvalue weighted by atomic mass is 19.4. The van der Waals surface area contributed by atoms with Crippen LogP contribution in [0.2, 0.25) is 0 Å². The lowest BCUT2D eigenvalue weighted by Crippen LogP contribution is -2.38. The van der Waals surface area contributed by atoms with Crippen LogP contribution in [-0.4, -0.2) is 44.7 Å². The van der Waals surface area contributed by atoms with Gasteiger partial charge in [-0.25, -0.2) is 0 Å². The van der Waals surface area contributed by atoms with Crippen LogP contribution in [0, 0.1) is 0 Å². The zero-order chi connectivity index (χ0) is 12.1. The van der Waals surface area contributed by atoms with Crippen LogP contribution in [-0.2, 0) is 9.47 Å². The van der Waals surface area contributed by atoms with Gasteiger partial charge in [0.25, 0.3) is 0 Å². The van der Waals surface area contributed by atoms with Crippen molar-refractivity contribution in [3.63, 3.8) is 0 Å². The molecule has 0 spiro atoms. The van der Waals surface area contributed by atoms with Crippen molar-refractivity contribution in [1.29, 1.82) is 0 Å². The first kappa shape index (κ1) is 13.7. The third-order valence-corrected chi connectivity index (χ3v) is 2.49. The minimum Gasteiger partial charge on any atom is -0.374 e. The summed E-state index contributed by atoms with van der Waals surface area (Å²) in [5.74, 6) is 0. The highest BCUT2D eigenvalue weighted by molar-refractivity contribution is 4.82.